The summed E-state index contributed by atoms with van der Waals surface area (Å²) in [5, 5.41) is 7.79. The molecule has 3 aromatic rings. The molecular weight excluding hydrogens is 250 g/mol. The summed E-state index contributed by atoms with van der Waals surface area (Å²) in [5.74, 6) is 0.566. The van der Waals surface area contributed by atoms with Crippen LogP contribution in [0.2, 0.25) is 0 Å². The summed E-state index contributed by atoms with van der Waals surface area (Å²) in [5.41, 5.74) is 2.99. The minimum atomic E-state index is 0.518. The molecule has 0 bridgehead atoms. The predicted octanol–water partition coefficient (Wildman–Crippen LogP) is 2.02. The van der Waals surface area contributed by atoms with Gasteiger partial charge in [-0.15, -0.1) is 5.10 Å². The van der Waals surface area contributed by atoms with Gasteiger partial charge in [0.1, 0.15) is 11.0 Å². The van der Waals surface area contributed by atoms with Gasteiger partial charge in [0.15, 0.2) is 0 Å². The number of rotatable bonds is 3. The van der Waals surface area contributed by atoms with Crippen LogP contribution in [0.3, 0.4) is 0 Å². The lowest BCUT2D eigenvalue weighted by molar-refractivity contribution is 0.511. The van der Waals surface area contributed by atoms with Gasteiger partial charge >= 0.3 is 6.01 Å². The van der Waals surface area contributed by atoms with Crippen LogP contribution in [-0.4, -0.2) is 26.0 Å². The lowest BCUT2D eigenvalue weighted by atomic mass is 10.2. The Morgan fingerprint density at radius 1 is 1.22 bits per heavy atom. The van der Waals surface area contributed by atoms with Crippen LogP contribution in [0.1, 0.15) is 11.5 Å². The van der Waals surface area contributed by atoms with Crippen LogP contribution in [0.15, 0.2) is 22.6 Å². The van der Waals surface area contributed by atoms with Crippen molar-refractivity contribution >= 4 is 28.8 Å². The van der Waals surface area contributed by atoms with Gasteiger partial charge in [-0.1, -0.05) is 11.2 Å². The Hall–Kier alpha value is -2.02. The van der Waals surface area contributed by atoms with Gasteiger partial charge in [0.25, 0.3) is 0 Å². The quantitative estimate of drug-likeness (QED) is 0.718. The van der Waals surface area contributed by atoms with Crippen molar-refractivity contribution < 1.29 is 4.42 Å². The molecule has 2 aromatic heterocycles. The molecule has 0 amide bonds. The van der Waals surface area contributed by atoms with E-state index in [1.807, 2.05) is 30.1 Å². The summed E-state index contributed by atoms with van der Waals surface area (Å²) in [6.45, 7) is 2.46. The molecule has 0 fully saturated rings. The second-order valence-electron chi connectivity index (χ2n) is 4.05. The van der Waals surface area contributed by atoms with E-state index in [0.29, 0.717) is 18.5 Å². The van der Waals surface area contributed by atoms with Crippen molar-refractivity contribution in [3.05, 3.63) is 29.7 Å². The number of hydrogen-bond acceptors (Lipinski definition) is 7. The van der Waals surface area contributed by atoms with Crippen LogP contribution in [0.5, 0.6) is 0 Å². The summed E-state index contributed by atoms with van der Waals surface area (Å²) in [7, 11) is 1.91. The Morgan fingerprint density at radius 3 is 2.83 bits per heavy atom. The molecule has 0 N–H and O–H groups in total. The molecule has 7 heteroatoms. The van der Waals surface area contributed by atoms with Crippen molar-refractivity contribution in [2.75, 3.05) is 11.9 Å². The van der Waals surface area contributed by atoms with Gasteiger partial charge in [-0.25, -0.2) is 0 Å². The molecule has 0 aliphatic heterocycles. The van der Waals surface area contributed by atoms with E-state index in [1.54, 1.807) is 6.92 Å². The van der Waals surface area contributed by atoms with Crippen LogP contribution in [0.25, 0.3) is 11.0 Å². The molecule has 0 unspecified atom stereocenters. The largest absolute Gasteiger partial charge is 0.408 e. The average Bonchev–Trinajstić information content (AvgIpc) is 2.96. The molecule has 0 spiro atoms. The molecule has 18 heavy (non-hydrogen) atoms. The maximum atomic E-state index is 5.37. The molecule has 1 aromatic carbocycles. The first-order chi connectivity index (χ1) is 8.72. The standard InChI is InChI=1S/C11H11N5OS/c1-7-12-13-11(17-7)16(2)6-8-3-4-9-10(5-8)15-18-14-9/h3-5H,6H2,1-2H3. The molecule has 92 valence electrons. The van der Waals surface area contributed by atoms with Crippen molar-refractivity contribution in [3.8, 4) is 0 Å². The van der Waals surface area contributed by atoms with E-state index < -0.39 is 0 Å². The molecule has 0 aliphatic carbocycles. The van der Waals surface area contributed by atoms with Crippen molar-refractivity contribution in [2.45, 2.75) is 13.5 Å². The lowest BCUT2D eigenvalue weighted by Crippen LogP contribution is -2.16. The van der Waals surface area contributed by atoms with E-state index in [0.717, 1.165) is 16.6 Å². The molecule has 6 nitrogen and oxygen atoms in total. The second-order valence-corrected chi connectivity index (χ2v) is 4.58. The van der Waals surface area contributed by atoms with Gasteiger partial charge in [-0.05, 0) is 17.7 Å². The maximum absolute atomic E-state index is 5.37. The van der Waals surface area contributed by atoms with E-state index >= 15 is 0 Å². The van der Waals surface area contributed by atoms with E-state index in [9.17, 15) is 0 Å². The fourth-order valence-electron chi connectivity index (χ4n) is 1.71. The Morgan fingerprint density at radius 2 is 2.06 bits per heavy atom. The summed E-state index contributed by atoms with van der Waals surface area (Å²) in [6, 6.07) is 6.55. The monoisotopic (exact) mass is 261 g/mol. The van der Waals surface area contributed by atoms with Crippen molar-refractivity contribution in [1.82, 2.24) is 18.9 Å². The Balaban J connectivity index is 1.83. The highest BCUT2D eigenvalue weighted by Crippen LogP contribution is 2.17. The second kappa shape index (κ2) is 4.34. The molecule has 0 atom stereocenters. The van der Waals surface area contributed by atoms with Gasteiger partial charge in [-0.2, -0.15) is 8.75 Å². The number of aryl methyl sites for hydroxylation is 1. The third kappa shape index (κ3) is 2.04. The predicted molar refractivity (Wildman–Crippen MR) is 68.6 cm³/mol. The zero-order valence-electron chi connectivity index (χ0n) is 9.99. The average molecular weight is 261 g/mol. The lowest BCUT2D eigenvalue weighted by Gasteiger charge is -2.13. The molecule has 0 saturated heterocycles. The number of fused-ring (bicyclic) bond motifs is 1. The Bertz CT molecular complexity index is 677. The van der Waals surface area contributed by atoms with Gasteiger partial charge < -0.3 is 9.32 Å². The first-order valence-electron chi connectivity index (χ1n) is 5.45. The van der Waals surface area contributed by atoms with Gasteiger partial charge in [-0.3, -0.25) is 0 Å². The van der Waals surface area contributed by atoms with Gasteiger partial charge in [0, 0.05) is 20.5 Å². The van der Waals surface area contributed by atoms with Crippen LogP contribution in [0.4, 0.5) is 6.01 Å². The zero-order chi connectivity index (χ0) is 12.5. The zero-order valence-corrected chi connectivity index (χ0v) is 10.8. The Kier molecular flexibility index (Phi) is 2.67. The van der Waals surface area contributed by atoms with Gasteiger partial charge in [0.05, 0.1) is 11.7 Å². The summed E-state index contributed by atoms with van der Waals surface area (Å²) < 4.78 is 13.8. The van der Waals surface area contributed by atoms with Crippen LogP contribution >= 0.6 is 11.7 Å². The third-order valence-electron chi connectivity index (χ3n) is 2.58. The molecule has 3 rings (SSSR count). The third-order valence-corrected chi connectivity index (χ3v) is 3.14. The minimum absolute atomic E-state index is 0.518. The first kappa shape index (κ1) is 11.1. The van der Waals surface area contributed by atoms with Crippen molar-refractivity contribution in [2.24, 2.45) is 0 Å². The molecular formula is C11H11N5OS. The van der Waals surface area contributed by atoms with E-state index in [4.69, 9.17) is 4.42 Å². The number of benzene rings is 1. The van der Waals surface area contributed by atoms with E-state index in [-0.39, 0.29) is 0 Å². The van der Waals surface area contributed by atoms with Crippen molar-refractivity contribution in [3.63, 3.8) is 0 Å². The number of aromatic nitrogens is 4. The smallest absolute Gasteiger partial charge is 0.318 e. The molecule has 2 heterocycles. The normalized spacial score (nSPS) is 11.0. The minimum Gasteiger partial charge on any atom is -0.408 e. The highest BCUT2D eigenvalue weighted by molar-refractivity contribution is 7.00. The molecule has 0 saturated carbocycles. The SMILES string of the molecule is Cc1nnc(N(C)Cc2ccc3nsnc3c2)o1. The van der Waals surface area contributed by atoms with E-state index in [1.165, 1.54) is 11.7 Å². The first-order valence-corrected chi connectivity index (χ1v) is 6.18. The fourth-order valence-corrected chi connectivity index (χ4v) is 2.23. The number of anilines is 1. The topological polar surface area (TPSA) is 67.9 Å². The maximum Gasteiger partial charge on any atom is 0.318 e. The number of hydrogen-bond donors (Lipinski definition) is 0. The Labute approximate surface area is 108 Å². The summed E-state index contributed by atoms with van der Waals surface area (Å²) in [6.07, 6.45) is 0. The molecule has 0 aliphatic rings. The highest BCUT2D eigenvalue weighted by Gasteiger charge is 2.09. The molecule has 0 radical (unpaired) electrons. The van der Waals surface area contributed by atoms with Crippen LogP contribution in [-0.2, 0) is 6.54 Å². The van der Waals surface area contributed by atoms with Crippen LogP contribution in [0, 0.1) is 6.92 Å². The highest BCUT2D eigenvalue weighted by atomic mass is 32.1. The summed E-state index contributed by atoms with van der Waals surface area (Å²) in [4.78, 5) is 1.90. The van der Waals surface area contributed by atoms with E-state index in [2.05, 4.69) is 18.9 Å². The fraction of sp³-hybridized carbons (Fsp3) is 0.273. The van der Waals surface area contributed by atoms with Crippen LogP contribution < -0.4 is 4.90 Å². The number of nitrogens with zero attached hydrogens (tertiary/aromatic N) is 5. The summed E-state index contributed by atoms with van der Waals surface area (Å²) >= 11 is 1.23. The van der Waals surface area contributed by atoms with Gasteiger partial charge in [0.2, 0.25) is 5.89 Å². The van der Waals surface area contributed by atoms with Crippen molar-refractivity contribution in [1.29, 1.82) is 0 Å².